The predicted molar refractivity (Wildman–Crippen MR) is 116 cm³/mol. The number of nitrogens with zero attached hydrogens (tertiary/aromatic N) is 1. The van der Waals surface area contributed by atoms with E-state index in [-0.39, 0.29) is 11.8 Å². The molecule has 5 nitrogen and oxygen atoms in total. The first-order valence-corrected chi connectivity index (χ1v) is 10.6. The minimum absolute atomic E-state index is 0.0390. The number of likely N-dealkylation sites (tertiary alicyclic amines) is 1. The standard InChI is InChI=1S/C23H27ClN2O3/c1-2-20(29-21-14-8-6-12-18(21)24)22(27)25-19-13-7-5-11-17(19)23(28)26-15-9-3-4-10-16-26/h5-8,11-14,20H,2-4,9-10,15-16H2,1H3,(H,25,27)/t20-/m0/s1. The minimum atomic E-state index is -0.712. The number of ether oxygens (including phenoxy) is 1. The molecule has 1 saturated heterocycles. The van der Waals surface area contributed by atoms with Crippen molar-refractivity contribution in [1.29, 1.82) is 0 Å². The summed E-state index contributed by atoms with van der Waals surface area (Å²) in [6.45, 7) is 3.39. The van der Waals surface area contributed by atoms with E-state index >= 15 is 0 Å². The van der Waals surface area contributed by atoms with Gasteiger partial charge in [-0.3, -0.25) is 9.59 Å². The quantitative estimate of drug-likeness (QED) is 0.710. The van der Waals surface area contributed by atoms with Crippen molar-refractivity contribution >= 4 is 29.1 Å². The van der Waals surface area contributed by atoms with Crippen LogP contribution in [0.5, 0.6) is 5.75 Å². The zero-order valence-corrected chi connectivity index (χ0v) is 17.5. The largest absolute Gasteiger partial charge is 0.479 e. The van der Waals surface area contributed by atoms with Crippen molar-refractivity contribution in [2.75, 3.05) is 18.4 Å². The third-order valence-corrected chi connectivity index (χ3v) is 5.39. The molecule has 1 atom stereocenters. The number of hydrogen-bond acceptors (Lipinski definition) is 3. The molecule has 1 aliphatic rings. The van der Waals surface area contributed by atoms with Gasteiger partial charge < -0.3 is 15.0 Å². The van der Waals surface area contributed by atoms with Gasteiger partial charge >= 0.3 is 0 Å². The van der Waals surface area contributed by atoms with Gasteiger partial charge in [0.2, 0.25) is 0 Å². The van der Waals surface area contributed by atoms with Gasteiger partial charge in [0.1, 0.15) is 5.75 Å². The number of halogens is 1. The fourth-order valence-electron chi connectivity index (χ4n) is 3.45. The van der Waals surface area contributed by atoms with Crippen molar-refractivity contribution in [3.8, 4) is 5.75 Å². The fraction of sp³-hybridized carbons (Fsp3) is 0.391. The first-order valence-electron chi connectivity index (χ1n) is 10.2. The second-order valence-corrected chi connectivity index (χ2v) is 7.59. The molecule has 1 aliphatic heterocycles. The molecule has 3 rings (SSSR count). The van der Waals surface area contributed by atoms with Gasteiger partial charge in [-0.1, -0.05) is 55.6 Å². The van der Waals surface area contributed by atoms with Crippen molar-refractivity contribution in [2.45, 2.75) is 45.1 Å². The highest BCUT2D eigenvalue weighted by molar-refractivity contribution is 6.32. The zero-order chi connectivity index (χ0) is 20.6. The second kappa shape index (κ2) is 10.3. The van der Waals surface area contributed by atoms with Crippen LogP contribution in [0.25, 0.3) is 0 Å². The maximum atomic E-state index is 13.1. The lowest BCUT2D eigenvalue weighted by Gasteiger charge is -2.23. The molecule has 1 fully saturated rings. The number of nitrogens with one attached hydrogen (secondary N) is 1. The van der Waals surface area contributed by atoms with Gasteiger partial charge in [-0.15, -0.1) is 0 Å². The Bertz CT molecular complexity index is 848. The third kappa shape index (κ3) is 5.51. The van der Waals surface area contributed by atoms with Crippen LogP contribution in [0.2, 0.25) is 5.02 Å². The molecule has 154 valence electrons. The van der Waals surface area contributed by atoms with Crippen molar-refractivity contribution in [3.63, 3.8) is 0 Å². The number of benzene rings is 2. The Kier molecular flexibility index (Phi) is 7.53. The molecule has 0 radical (unpaired) electrons. The summed E-state index contributed by atoms with van der Waals surface area (Å²) >= 11 is 6.15. The molecule has 2 aromatic rings. The van der Waals surface area contributed by atoms with E-state index in [0.29, 0.717) is 28.4 Å². The van der Waals surface area contributed by atoms with Crippen LogP contribution in [0.1, 0.15) is 49.4 Å². The SMILES string of the molecule is CC[C@H](Oc1ccccc1Cl)C(=O)Nc1ccccc1C(=O)N1CCCCCC1. The highest BCUT2D eigenvalue weighted by Crippen LogP contribution is 2.26. The monoisotopic (exact) mass is 414 g/mol. The lowest BCUT2D eigenvalue weighted by atomic mass is 10.1. The lowest BCUT2D eigenvalue weighted by molar-refractivity contribution is -0.122. The van der Waals surface area contributed by atoms with Gasteiger partial charge in [0, 0.05) is 13.1 Å². The van der Waals surface area contributed by atoms with Gasteiger partial charge in [0.15, 0.2) is 6.10 Å². The van der Waals surface area contributed by atoms with E-state index in [1.807, 2.05) is 24.0 Å². The topological polar surface area (TPSA) is 58.6 Å². The number of para-hydroxylation sites is 2. The van der Waals surface area contributed by atoms with E-state index in [1.165, 1.54) is 0 Å². The second-order valence-electron chi connectivity index (χ2n) is 7.19. The number of carbonyl (C=O) groups excluding carboxylic acids is 2. The maximum absolute atomic E-state index is 13.1. The first-order chi connectivity index (χ1) is 14.1. The van der Waals surface area contributed by atoms with Crippen LogP contribution in [0, 0.1) is 0 Å². The Hall–Kier alpha value is -2.53. The van der Waals surface area contributed by atoms with Crippen LogP contribution in [0.15, 0.2) is 48.5 Å². The van der Waals surface area contributed by atoms with E-state index in [9.17, 15) is 9.59 Å². The Balaban J connectivity index is 1.74. The highest BCUT2D eigenvalue weighted by atomic mass is 35.5. The average molecular weight is 415 g/mol. The van der Waals surface area contributed by atoms with E-state index < -0.39 is 6.10 Å². The van der Waals surface area contributed by atoms with Crippen LogP contribution < -0.4 is 10.1 Å². The number of carbonyl (C=O) groups is 2. The van der Waals surface area contributed by atoms with Crippen LogP contribution >= 0.6 is 11.6 Å². The first kappa shape index (κ1) is 21.2. The Morgan fingerprint density at radius 1 is 1.03 bits per heavy atom. The van der Waals surface area contributed by atoms with E-state index in [1.54, 1.807) is 36.4 Å². The molecule has 0 aliphatic carbocycles. The van der Waals surface area contributed by atoms with Crippen molar-refractivity contribution in [2.24, 2.45) is 0 Å². The normalized spacial score (nSPS) is 15.3. The molecule has 6 heteroatoms. The summed E-state index contributed by atoms with van der Waals surface area (Å²) in [7, 11) is 0. The molecule has 0 unspecified atom stereocenters. The third-order valence-electron chi connectivity index (χ3n) is 5.08. The zero-order valence-electron chi connectivity index (χ0n) is 16.7. The fourth-order valence-corrected chi connectivity index (χ4v) is 3.63. The molecular weight excluding hydrogens is 388 g/mol. The number of rotatable bonds is 6. The van der Waals surface area contributed by atoms with E-state index in [2.05, 4.69) is 5.32 Å². The van der Waals surface area contributed by atoms with Crippen LogP contribution in [-0.2, 0) is 4.79 Å². The van der Waals surface area contributed by atoms with Crippen molar-refractivity contribution < 1.29 is 14.3 Å². The Labute approximate surface area is 177 Å². The summed E-state index contributed by atoms with van der Waals surface area (Å²) in [4.78, 5) is 27.8. The molecule has 1 N–H and O–H groups in total. The summed E-state index contributed by atoms with van der Waals surface area (Å²) < 4.78 is 5.82. The minimum Gasteiger partial charge on any atom is -0.479 e. The Morgan fingerprint density at radius 3 is 2.38 bits per heavy atom. The van der Waals surface area contributed by atoms with Gasteiger partial charge in [-0.2, -0.15) is 0 Å². The van der Waals surface area contributed by atoms with Crippen molar-refractivity contribution in [3.05, 3.63) is 59.1 Å². The summed E-state index contributed by atoms with van der Waals surface area (Å²) in [5.41, 5.74) is 1.02. The number of hydrogen-bond donors (Lipinski definition) is 1. The molecular formula is C23H27ClN2O3. The van der Waals surface area contributed by atoms with E-state index in [4.69, 9.17) is 16.3 Å². The van der Waals surface area contributed by atoms with Gasteiger partial charge in [0.05, 0.1) is 16.3 Å². The number of amides is 2. The Morgan fingerprint density at radius 2 is 1.69 bits per heavy atom. The molecule has 2 amide bonds. The molecule has 0 aromatic heterocycles. The number of anilines is 1. The average Bonchev–Trinajstić information content (AvgIpc) is 3.02. The molecule has 0 saturated carbocycles. The molecule has 0 bridgehead atoms. The molecule has 0 spiro atoms. The summed E-state index contributed by atoms with van der Waals surface area (Å²) in [6, 6.07) is 14.2. The smallest absolute Gasteiger partial charge is 0.265 e. The van der Waals surface area contributed by atoms with Crippen LogP contribution in [0.3, 0.4) is 0 Å². The van der Waals surface area contributed by atoms with Gasteiger partial charge in [0.25, 0.3) is 11.8 Å². The molecule has 2 aromatic carbocycles. The van der Waals surface area contributed by atoms with Gasteiger partial charge in [-0.05, 0) is 43.5 Å². The summed E-state index contributed by atoms with van der Waals surface area (Å²) in [6.07, 6.45) is 4.10. The highest BCUT2D eigenvalue weighted by Gasteiger charge is 2.24. The van der Waals surface area contributed by atoms with Crippen molar-refractivity contribution in [1.82, 2.24) is 4.90 Å². The van der Waals surface area contributed by atoms with Gasteiger partial charge in [-0.25, -0.2) is 0 Å². The maximum Gasteiger partial charge on any atom is 0.265 e. The van der Waals surface area contributed by atoms with Crippen LogP contribution in [-0.4, -0.2) is 35.9 Å². The predicted octanol–water partition coefficient (Wildman–Crippen LogP) is 5.15. The molecule has 1 heterocycles. The summed E-state index contributed by atoms with van der Waals surface area (Å²) in [5.74, 6) is 0.122. The van der Waals surface area contributed by atoms with Crippen LogP contribution in [0.4, 0.5) is 5.69 Å². The summed E-state index contributed by atoms with van der Waals surface area (Å²) in [5, 5.41) is 3.34. The van der Waals surface area contributed by atoms with E-state index in [0.717, 1.165) is 38.8 Å². The molecule has 29 heavy (non-hydrogen) atoms. The lowest BCUT2D eigenvalue weighted by Crippen LogP contribution is -2.35.